The number of carbonyl (C=O) groups excluding carboxylic acids is 2. The third-order valence-corrected chi connectivity index (χ3v) is 5.16. The van der Waals surface area contributed by atoms with E-state index in [-0.39, 0.29) is 36.9 Å². The van der Waals surface area contributed by atoms with Crippen LogP contribution in [-0.4, -0.2) is 67.0 Å². The predicted molar refractivity (Wildman–Crippen MR) is 103 cm³/mol. The van der Waals surface area contributed by atoms with Gasteiger partial charge >= 0.3 is 0 Å². The number of aryl methyl sites for hydroxylation is 2. The Labute approximate surface area is 161 Å². The second-order valence-corrected chi connectivity index (χ2v) is 6.93. The highest BCUT2D eigenvalue weighted by Crippen LogP contribution is 2.19. The molecule has 1 aromatic rings. The number of hydrogen-bond donors (Lipinski definition) is 1. The maximum Gasteiger partial charge on any atom is 0.260 e. The normalized spacial score (nSPS) is 20.5. The first-order valence-corrected chi connectivity index (χ1v) is 9.02. The molecule has 2 aliphatic heterocycles. The van der Waals surface area contributed by atoms with E-state index in [0.717, 1.165) is 43.8 Å². The number of piperazine rings is 1. The van der Waals surface area contributed by atoms with Gasteiger partial charge < -0.3 is 19.9 Å². The molecule has 0 saturated carbocycles. The van der Waals surface area contributed by atoms with Crippen LogP contribution in [0.1, 0.15) is 24.0 Å². The van der Waals surface area contributed by atoms with Crippen molar-refractivity contribution >= 4 is 24.2 Å². The molecule has 7 heteroatoms. The van der Waals surface area contributed by atoms with Gasteiger partial charge in [-0.2, -0.15) is 0 Å². The molecule has 0 aliphatic carbocycles. The fourth-order valence-electron chi connectivity index (χ4n) is 3.48. The third-order valence-electron chi connectivity index (χ3n) is 5.16. The van der Waals surface area contributed by atoms with Crippen LogP contribution in [0.5, 0.6) is 5.75 Å². The van der Waals surface area contributed by atoms with Gasteiger partial charge in [0.15, 0.2) is 6.61 Å². The molecule has 1 unspecified atom stereocenters. The zero-order chi connectivity index (χ0) is 17.8. The van der Waals surface area contributed by atoms with Crippen LogP contribution in [0.2, 0.25) is 0 Å². The summed E-state index contributed by atoms with van der Waals surface area (Å²) in [4.78, 5) is 28.4. The van der Waals surface area contributed by atoms with E-state index in [1.807, 2.05) is 34.9 Å². The van der Waals surface area contributed by atoms with Crippen molar-refractivity contribution < 1.29 is 14.3 Å². The number of halogens is 1. The Kier molecular flexibility index (Phi) is 7.29. The lowest BCUT2D eigenvalue weighted by atomic mass is 10.0. The Bertz CT molecular complexity index is 653. The van der Waals surface area contributed by atoms with Crippen LogP contribution in [0, 0.1) is 13.8 Å². The van der Waals surface area contributed by atoms with Crippen molar-refractivity contribution in [2.24, 2.45) is 0 Å². The molecule has 1 aromatic carbocycles. The Hall–Kier alpha value is -1.79. The molecule has 26 heavy (non-hydrogen) atoms. The summed E-state index contributed by atoms with van der Waals surface area (Å²) in [5, 5.41) is 3.09. The minimum absolute atomic E-state index is 0. The van der Waals surface area contributed by atoms with Gasteiger partial charge in [0.2, 0.25) is 5.91 Å². The van der Waals surface area contributed by atoms with Crippen molar-refractivity contribution in [1.29, 1.82) is 0 Å². The van der Waals surface area contributed by atoms with Gasteiger partial charge in [-0.05, 0) is 49.9 Å². The number of amides is 2. The molecule has 1 atom stereocenters. The Morgan fingerprint density at radius 3 is 2.81 bits per heavy atom. The molecule has 6 nitrogen and oxygen atoms in total. The molecule has 0 radical (unpaired) electrons. The zero-order valence-electron chi connectivity index (χ0n) is 15.5. The first-order chi connectivity index (χ1) is 12.0. The second-order valence-electron chi connectivity index (χ2n) is 6.93. The first-order valence-electron chi connectivity index (χ1n) is 9.02. The summed E-state index contributed by atoms with van der Waals surface area (Å²) >= 11 is 0. The monoisotopic (exact) mass is 381 g/mol. The summed E-state index contributed by atoms with van der Waals surface area (Å²) in [6, 6.07) is 5.99. The molecule has 0 bridgehead atoms. The number of carbonyl (C=O) groups is 2. The van der Waals surface area contributed by atoms with Gasteiger partial charge in [0.25, 0.3) is 5.91 Å². The number of hydrogen-bond acceptors (Lipinski definition) is 4. The molecule has 2 aliphatic rings. The van der Waals surface area contributed by atoms with E-state index in [2.05, 4.69) is 12.2 Å². The molecule has 2 fully saturated rings. The smallest absolute Gasteiger partial charge is 0.260 e. The SMILES string of the molecule is Cc1ccc(OCC(=O)N2CCCC(N3CCNCC3=O)C2)cc1C.Cl. The van der Waals surface area contributed by atoms with E-state index in [1.165, 1.54) is 5.56 Å². The summed E-state index contributed by atoms with van der Waals surface area (Å²) < 4.78 is 5.68. The van der Waals surface area contributed by atoms with Crippen molar-refractivity contribution in [2.45, 2.75) is 32.7 Å². The summed E-state index contributed by atoms with van der Waals surface area (Å²) in [5.74, 6) is 0.852. The highest BCUT2D eigenvalue weighted by Gasteiger charge is 2.31. The van der Waals surface area contributed by atoms with Crippen LogP contribution in [-0.2, 0) is 9.59 Å². The standard InChI is InChI=1S/C19H27N3O3.ClH/c1-14-5-6-17(10-15(14)2)25-13-19(24)21-8-3-4-16(12-21)22-9-7-20-11-18(22)23;/h5-6,10,16,20H,3-4,7-9,11-13H2,1-2H3;1H. The number of piperidine rings is 1. The van der Waals surface area contributed by atoms with Crippen LogP contribution in [0.3, 0.4) is 0 Å². The fraction of sp³-hybridized carbons (Fsp3) is 0.579. The van der Waals surface area contributed by atoms with Gasteiger partial charge in [-0.25, -0.2) is 0 Å². The zero-order valence-corrected chi connectivity index (χ0v) is 16.3. The van der Waals surface area contributed by atoms with Gasteiger partial charge in [0, 0.05) is 32.2 Å². The van der Waals surface area contributed by atoms with Gasteiger partial charge in [-0.1, -0.05) is 6.07 Å². The number of benzene rings is 1. The average molecular weight is 382 g/mol. The quantitative estimate of drug-likeness (QED) is 0.859. The van der Waals surface area contributed by atoms with Gasteiger partial charge in [-0.15, -0.1) is 12.4 Å². The molecule has 144 valence electrons. The molecule has 1 N–H and O–H groups in total. The average Bonchev–Trinajstić information content (AvgIpc) is 2.63. The summed E-state index contributed by atoms with van der Waals surface area (Å²) in [5.41, 5.74) is 2.36. The van der Waals surface area contributed by atoms with Crippen LogP contribution in [0.15, 0.2) is 18.2 Å². The Morgan fingerprint density at radius 2 is 2.08 bits per heavy atom. The van der Waals surface area contributed by atoms with E-state index in [0.29, 0.717) is 13.1 Å². The summed E-state index contributed by atoms with van der Waals surface area (Å²) in [7, 11) is 0. The van der Waals surface area contributed by atoms with Crippen molar-refractivity contribution in [2.75, 3.05) is 39.3 Å². The van der Waals surface area contributed by atoms with Crippen LogP contribution >= 0.6 is 12.4 Å². The molecule has 0 aromatic heterocycles. The number of nitrogens with one attached hydrogen (secondary N) is 1. The summed E-state index contributed by atoms with van der Waals surface area (Å²) in [6.45, 7) is 7.44. The maximum atomic E-state index is 12.5. The molecule has 2 heterocycles. The predicted octanol–water partition coefficient (Wildman–Crippen LogP) is 1.53. The fourth-order valence-corrected chi connectivity index (χ4v) is 3.48. The number of likely N-dealkylation sites (tertiary alicyclic amines) is 1. The van der Waals surface area contributed by atoms with Crippen molar-refractivity contribution in [3.8, 4) is 5.75 Å². The highest BCUT2D eigenvalue weighted by molar-refractivity contribution is 5.85. The minimum Gasteiger partial charge on any atom is -0.484 e. The first kappa shape index (κ1) is 20.5. The van der Waals surface area contributed by atoms with E-state index >= 15 is 0 Å². The van der Waals surface area contributed by atoms with Crippen molar-refractivity contribution in [3.63, 3.8) is 0 Å². The number of rotatable bonds is 4. The van der Waals surface area contributed by atoms with E-state index in [4.69, 9.17) is 4.74 Å². The van der Waals surface area contributed by atoms with E-state index in [1.54, 1.807) is 0 Å². The van der Waals surface area contributed by atoms with Gasteiger partial charge in [-0.3, -0.25) is 9.59 Å². The lowest BCUT2D eigenvalue weighted by molar-refractivity contribution is -0.141. The Balaban J connectivity index is 0.00000243. The second kappa shape index (κ2) is 9.24. The van der Waals surface area contributed by atoms with Crippen LogP contribution < -0.4 is 10.1 Å². The maximum absolute atomic E-state index is 12.5. The minimum atomic E-state index is -0.00879. The van der Waals surface area contributed by atoms with E-state index < -0.39 is 0 Å². The number of ether oxygens (including phenoxy) is 1. The topological polar surface area (TPSA) is 61.9 Å². The Morgan fingerprint density at radius 1 is 1.27 bits per heavy atom. The molecule has 2 saturated heterocycles. The lowest BCUT2D eigenvalue weighted by Crippen LogP contribution is -2.57. The number of nitrogens with zero attached hydrogens (tertiary/aromatic N) is 2. The van der Waals surface area contributed by atoms with Gasteiger partial charge in [0.05, 0.1) is 6.54 Å². The molecule has 0 spiro atoms. The van der Waals surface area contributed by atoms with Crippen LogP contribution in [0.4, 0.5) is 0 Å². The van der Waals surface area contributed by atoms with Crippen molar-refractivity contribution in [1.82, 2.24) is 15.1 Å². The van der Waals surface area contributed by atoms with E-state index in [9.17, 15) is 9.59 Å². The molecular weight excluding hydrogens is 354 g/mol. The van der Waals surface area contributed by atoms with Crippen LogP contribution in [0.25, 0.3) is 0 Å². The van der Waals surface area contributed by atoms with Crippen molar-refractivity contribution in [3.05, 3.63) is 29.3 Å². The molecular formula is C19H28ClN3O3. The van der Waals surface area contributed by atoms with Gasteiger partial charge in [0.1, 0.15) is 5.75 Å². The molecule has 2 amide bonds. The highest BCUT2D eigenvalue weighted by atomic mass is 35.5. The molecule has 3 rings (SSSR count). The third kappa shape index (κ3) is 4.89. The lowest BCUT2D eigenvalue weighted by Gasteiger charge is -2.41. The summed E-state index contributed by atoms with van der Waals surface area (Å²) in [6.07, 6.45) is 1.89. The largest absolute Gasteiger partial charge is 0.484 e.